The topological polar surface area (TPSA) is 79.3 Å². The van der Waals surface area contributed by atoms with E-state index < -0.39 is 12.1 Å². The van der Waals surface area contributed by atoms with Crippen molar-refractivity contribution in [2.75, 3.05) is 40.3 Å². The molecule has 1 saturated carbocycles. The predicted molar refractivity (Wildman–Crippen MR) is 111 cm³/mol. The van der Waals surface area contributed by atoms with Crippen LogP contribution in [-0.2, 0) is 9.53 Å². The van der Waals surface area contributed by atoms with Crippen LogP contribution in [0.15, 0.2) is 24.3 Å². The van der Waals surface area contributed by atoms with E-state index in [4.69, 9.17) is 9.47 Å². The molecular formula is C23H32N2O5. The number of esters is 1. The van der Waals surface area contributed by atoms with Crippen LogP contribution in [0, 0.1) is 17.8 Å². The monoisotopic (exact) mass is 416 g/mol. The van der Waals surface area contributed by atoms with Crippen molar-refractivity contribution in [2.45, 2.75) is 37.9 Å². The number of amides is 1. The first-order chi connectivity index (χ1) is 14.4. The van der Waals surface area contributed by atoms with E-state index in [1.54, 1.807) is 24.3 Å². The van der Waals surface area contributed by atoms with E-state index in [9.17, 15) is 14.7 Å². The molecule has 2 saturated heterocycles. The lowest BCUT2D eigenvalue weighted by atomic mass is 9.78. The summed E-state index contributed by atoms with van der Waals surface area (Å²) in [5, 5.41) is 10.7. The quantitative estimate of drug-likeness (QED) is 0.754. The van der Waals surface area contributed by atoms with Gasteiger partial charge >= 0.3 is 5.97 Å². The van der Waals surface area contributed by atoms with Gasteiger partial charge in [-0.25, -0.2) is 4.79 Å². The molecule has 0 unspecified atom stereocenters. The molecule has 4 rings (SSSR count). The van der Waals surface area contributed by atoms with E-state index >= 15 is 0 Å². The second-order valence-corrected chi connectivity index (χ2v) is 9.06. The Morgan fingerprint density at radius 3 is 2.50 bits per heavy atom. The zero-order valence-corrected chi connectivity index (χ0v) is 17.8. The molecule has 3 aliphatic rings. The van der Waals surface area contributed by atoms with Gasteiger partial charge in [0.15, 0.2) is 0 Å². The number of carbonyl (C=O) groups is 2. The van der Waals surface area contributed by atoms with E-state index in [1.165, 1.54) is 7.11 Å². The Labute approximate surface area is 177 Å². The number of carbonyl (C=O) groups excluding carboxylic acids is 2. The maximum atomic E-state index is 13.0. The van der Waals surface area contributed by atoms with Gasteiger partial charge in [0, 0.05) is 19.0 Å². The van der Waals surface area contributed by atoms with Crippen molar-refractivity contribution < 1.29 is 24.2 Å². The molecule has 2 aliphatic heterocycles. The Morgan fingerprint density at radius 1 is 1.10 bits per heavy atom. The van der Waals surface area contributed by atoms with Crippen molar-refractivity contribution in [1.82, 2.24) is 9.80 Å². The Hall–Kier alpha value is -2.12. The fraction of sp³-hybridized carbons (Fsp3) is 0.652. The molecule has 1 aromatic carbocycles. The number of hydrogen-bond acceptors (Lipinski definition) is 6. The van der Waals surface area contributed by atoms with E-state index in [0.29, 0.717) is 36.0 Å². The lowest BCUT2D eigenvalue weighted by molar-refractivity contribution is -0.136. The first-order valence-corrected chi connectivity index (χ1v) is 10.9. The average molecular weight is 417 g/mol. The molecule has 0 bridgehead atoms. The van der Waals surface area contributed by atoms with Crippen LogP contribution in [0.5, 0.6) is 5.75 Å². The predicted octanol–water partition coefficient (Wildman–Crippen LogP) is 1.79. The van der Waals surface area contributed by atoms with E-state index in [-0.39, 0.29) is 17.9 Å². The second-order valence-electron chi connectivity index (χ2n) is 9.06. The minimum atomic E-state index is -0.577. The zero-order chi connectivity index (χ0) is 21.3. The molecule has 0 spiro atoms. The van der Waals surface area contributed by atoms with Gasteiger partial charge in [0.1, 0.15) is 11.9 Å². The number of aliphatic hydroxyl groups is 1. The van der Waals surface area contributed by atoms with Crippen LogP contribution in [0.3, 0.4) is 0 Å². The number of hydrogen-bond donors (Lipinski definition) is 1. The van der Waals surface area contributed by atoms with Crippen molar-refractivity contribution in [1.29, 1.82) is 0 Å². The van der Waals surface area contributed by atoms with Crippen LogP contribution >= 0.6 is 0 Å². The zero-order valence-electron chi connectivity index (χ0n) is 17.8. The molecule has 3 fully saturated rings. The summed E-state index contributed by atoms with van der Waals surface area (Å²) in [5.41, 5.74) is 0.425. The van der Waals surface area contributed by atoms with Crippen LogP contribution in [0.1, 0.15) is 36.0 Å². The maximum absolute atomic E-state index is 13.0. The van der Waals surface area contributed by atoms with Gasteiger partial charge in [0.2, 0.25) is 5.91 Å². The number of likely N-dealkylation sites (tertiary alicyclic amines) is 2. The third-order valence-electron chi connectivity index (χ3n) is 7.01. The number of fused-ring (bicyclic) bond motifs is 1. The summed E-state index contributed by atoms with van der Waals surface area (Å²) in [6, 6.07) is 6.86. The van der Waals surface area contributed by atoms with Gasteiger partial charge in [0.05, 0.1) is 18.8 Å². The molecule has 30 heavy (non-hydrogen) atoms. The number of benzene rings is 1. The van der Waals surface area contributed by atoms with Gasteiger partial charge in [-0.1, -0.05) is 6.07 Å². The second kappa shape index (κ2) is 8.94. The van der Waals surface area contributed by atoms with E-state index in [1.807, 2.05) is 4.90 Å². The van der Waals surface area contributed by atoms with Gasteiger partial charge in [-0.3, -0.25) is 4.79 Å². The maximum Gasteiger partial charge on any atom is 0.337 e. The lowest BCUT2D eigenvalue weighted by Crippen LogP contribution is -2.42. The summed E-state index contributed by atoms with van der Waals surface area (Å²) in [7, 11) is 3.45. The van der Waals surface area contributed by atoms with Crippen molar-refractivity contribution >= 4 is 11.9 Å². The summed E-state index contributed by atoms with van der Waals surface area (Å²) >= 11 is 0. The van der Waals surface area contributed by atoms with Crippen LogP contribution in [-0.4, -0.2) is 79.3 Å². The first kappa shape index (κ1) is 21.1. The Balaban J connectivity index is 1.37. The molecule has 4 atom stereocenters. The van der Waals surface area contributed by atoms with Crippen molar-refractivity contribution in [2.24, 2.45) is 17.8 Å². The Kier molecular flexibility index (Phi) is 6.29. The van der Waals surface area contributed by atoms with E-state index in [0.717, 1.165) is 39.0 Å². The SMILES string of the molecule is COC(=O)c1cccc(O[C@@H]2C[C@@H]3CN(C(=O)C4CCN(C)CC4)C[C@@H]3C[C@H]2O)c1. The summed E-state index contributed by atoms with van der Waals surface area (Å²) < 4.78 is 10.8. The lowest BCUT2D eigenvalue weighted by Gasteiger charge is -2.35. The molecule has 1 aliphatic carbocycles. The molecular weight excluding hydrogens is 384 g/mol. The number of aliphatic hydroxyl groups excluding tert-OH is 1. The third-order valence-corrected chi connectivity index (χ3v) is 7.01. The van der Waals surface area contributed by atoms with Crippen molar-refractivity contribution in [3.05, 3.63) is 29.8 Å². The molecule has 164 valence electrons. The molecule has 0 radical (unpaired) electrons. The van der Waals surface area contributed by atoms with E-state index in [2.05, 4.69) is 11.9 Å². The molecule has 1 amide bonds. The summed E-state index contributed by atoms with van der Waals surface area (Å²) in [6.07, 6.45) is 2.32. The average Bonchev–Trinajstić information content (AvgIpc) is 3.16. The van der Waals surface area contributed by atoms with Crippen molar-refractivity contribution in [3.63, 3.8) is 0 Å². The van der Waals surface area contributed by atoms with Crippen molar-refractivity contribution in [3.8, 4) is 5.75 Å². The molecule has 1 aromatic rings. The normalized spacial score (nSPS) is 30.0. The fourth-order valence-electron chi connectivity index (χ4n) is 5.20. The van der Waals surface area contributed by atoms with Gasteiger partial charge in [0.25, 0.3) is 0 Å². The molecule has 7 nitrogen and oxygen atoms in total. The summed E-state index contributed by atoms with van der Waals surface area (Å²) in [4.78, 5) is 29.1. The molecule has 0 aromatic heterocycles. The number of piperidine rings is 1. The molecule has 1 N–H and O–H groups in total. The number of methoxy groups -OCH3 is 1. The highest BCUT2D eigenvalue weighted by Gasteiger charge is 2.45. The van der Waals surface area contributed by atoms with Crippen LogP contribution in [0.25, 0.3) is 0 Å². The van der Waals surface area contributed by atoms with Gasteiger partial charge in [-0.2, -0.15) is 0 Å². The van der Waals surface area contributed by atoms with Crippen LogP contribution in [0.2, 0.25) is 0 Å². The fourth-order valence-corrected chi connectivity index (χ4v) is 5.20. The summed E-state index contributed by atoms with van der Waals surface area (Å²) in [6.45, 7) is 3.47. The highest BCUT2D eigenvalue weighted by molar-refractivity contribution is 5.89. The number of rotatable bonds is 4. The standard InChI is InChI=1S/C23H32N2O5/c1-24-8-6-15(7-9-24)22(27)25-13-17-11-20(26)21(12-18(17)14-25)30-19-5-3-4-16(10-19)23(28)29-2/h3-5,10,15,17-18,20-21,26H,6-9,11-14H2,1-2H3/t17-,18+,20+,21+/m0/s1. The smallest absolute Gasteiger partial charge is 0.337 e. The summed E-state index contributed by atoms with van der Waals surface area (Å²) in [5.74, 6) is 1.24. The highest BCUT2D eigenvalue weighted by atomic mass is 16.5. The number of ether oxygens (including phenoxy) is 2. The van der Waals surface area contributed by atoms with Gasteiger partial charge in [-0.05, 0) is 75.9 Å². The Morgan fingerprint density at radius 2 is 1.80 bits per heavy atom. The molecule has 2 heterocycles. The minimum Gasteiger partial charge on any atom is -0.488 e. The Bertz CT molecular complexity index is 777. The van der Waals surface area contributed by atoms with Crippen LogP contribution in [0.4, 0.5) is 0 Å². The third kappa shape index (κ3) is 4.47. The molecule has 7 heteroatoms. The largest absolute Gasteiger partial charge is 0.488 e. The van der Waals surface area contributed by atoms with Gasteiger partial charge in [-0.15, -0.1) is 0 Å². The van der Waals surface area contributed by atoms with Crippen LogP contribution < -0.4 is 4.74 Å². The minimum absolute atomic E-state index is 0.138. The number of nitrogens with zero attached hydrogens (tertiary/aromatic N) is 2. The van der Waals surface area contributed by atoms with Gasteiger partial charge < -0.3 is 24.4 Å². The first-order valence-electron chi connectivity index (χ1n) is 10.9. The highest BCUT2D eigenvalue weighted by Crippen LogP contribution is 2.39.